The monoisotopic (exact) mass is 520 g/mol. The third-order valence-electron chi connectivity index (χ3n) is 6.01. The third-order valence-corrected chi connectivity index (χ3v) is 7.44. The fourth-order valence-corrected chi connectivity index (χ4v) is 5.18. The lowest BCUT2D eigenvalue weighted by Gasteiger charge is -2.46. The zero-order chi connectivity index (χ0) is 24.2. The van der Waals surface area contributed by atoms with Crippen molar-refractivity contribution in [1.29, 1.82) is 0 Å². The highest BCUT2D eigenvalue weighted by Crippen LogP contribution is 2.25. The molecule has 33 heavy (non-hydrogen) atoms. The number of halogens is 2. The van der Waals surface area contributed by atoms with E-state index < -0.39 is 22.2 Å². The lowest BCUT2D eigenvalue weighted by atomic mass is 10.0. The van der Waals surface area contributed by atoms with Crippen LogP contribution in [0.5, 0.6) is 0 Å². The van der Waals surface area contributed by atoms with Crippen molar-refractivity contribution in [2.75, 3.05) is 52.6 Å². The van der Waals surface area contributed by atoms with Gasteiger partial charge in [0.1, 0.15) is 0 Å². The number of likely N-dealkylation sites (tertiary alicyclic amines) is 1. The third kappa shape index (κ3) is 7.19. The molecular weight excluding hydrogens is 491 g/mol. The summed E-state index contributed by atoms with van der Waals surface area (Å²) in [6, 6.07) is 4.29. The van der Waals surface area contributed by atoms with E-state index in [1.165, 1.54) is 12.0 Å². The van der Waals surface area contributed by atoms with E-state index in [2.05, 4.69) is 9.62 Å². The van der Waals surface area contributed by atoms with Gasteiger partial charge in [-0.25, -0.2) is 17.9 Å². The number of rotatable bonds is 7. The van der Waals surface area contributed by atoms with E-state index in [1.807, 2.05) is 0 Å². The molecule has 2 saturated heterocycles. The smallest absolute Gasteiger partial charge is 0.409 e. The van der Waals surface area contributed by atoms with Crippen LogP contribution in [0.3, 0.4) is 0 Å². The fourth-order valence-electron chi connectivity index (χ4n) is 4.36. The Morgan fingerprint density at radius 2 is 1.76 bits per heavy atom. The first-order valence-corrected chi connectivity index (χ1v) is 13.5. The van der Waals surface area contributed by atoms with Gasteiger partial charge in [0.25, 0.3) is 0 Å². The van der Waals surface area contributed by atoms with Gasteiger partial charge in [0.15, 0.2) is 0 Å². The van der Waals surface area contributed by atoms with Crippen molar-refractivity contribution < 1.29 is 22.7 Å². The van der Waals surface area contributed by atoms with E-state index in [0.29, 0.717) is 16.6 Å². The van der Waals surface area contributed by atoms with Gasteiger partial charge in [-0.3, -0.25) is 4.79 Å². The van der Waals surface area contributed by atoms with Gasteiger partial charge in [-0.05, 0) is 43.6 Å². The van der Waals surface area contributed by atoms with Crippen LogP contribution in [0.25, 0.3) is 0 Å². The number of benzene rings is 1. The maximum absolute atomic E-state index is 13.4. The molecule has 0 unspecified atom stereocenters. The van der Waals surface area contributed by atoms with Crippen LogP contribution in [-0.4, -0.2) is 99.8 Å². The number of hydrogen-bond donors (Lipinski definition) is 1. The molecule has 0 spiro atoms. The molecule has 12 heteroatoms. The Kier molecular flexibility index (Phi) is 8.85. The summed E-state index contributed by atoms with van der Waals surface area (Å²) in [6.07, 6.45) is 2.84. The zero-order valence-electron chi connectivity index (χ0n) is 18.8. The Morgan fingerprint density at radius 3 is 2.36 bits per heavy atom. The number of carbonyl (C=O) groups excluding carboxylic acids is 2. The van der Waals surface area contributed by atoms with Crippen LogP contribution in [-0.2, 0) is 26.0 Å². The second-order valence-corrected chi connectivity index (χ2v) is 11.2. The molecule has 0 aliphatic carbocycles. The second kappa shape index (κ2) is 11.2. The van der Waals surface area contributed by atoms with Gasteiger partial charge in [-0.15, -0.1) is 0 Å². The summed E-state index contributed by atoms with van der Waals surface area (Å²) in [7, 11) is -2.18. The molecule has 2 fully saturated rings. The molecule has 0 radical (unpaired) electrons. The van der Waals surface area contributed by atoms with Crippen molar-refractivity contribution in [2.45, 2.75) is 31.3 Å². The number of sulfonamides is 1. The molecule has 2 heterocycles. The molecule has 0 aromatic heterocycles. The van der Waals surface area contributed by atoms with Gasteiger partial charge in [-0.1, -0.05) is 29.3 Å². The second-order valence-electron chi connectivity index (χ2n) is 8.53. The Morgan fingerprint density at radius 1 is 1.09 bits per heavy atom. The Labute approximate surface area is 205 Å². The predicted octanol–water partition coefficient (Wildman–Crippen LogP) is 1.83. The van der Waals surface area contributed by atoms with Gasteiger partial charge in [0.2, 0.25) is 15.9 Å². The van der Waals surface area contributed by atoms with Crippen molar-refractivity contribution in [3.05, 3.63) is 33.8 Å². The van der Waals surface area contributed by atoms with Gasteiger partial charge in [0.05, 0.1) is 41.9 Å². The molecule has 2 aliphatic heterocycles. The summed E-state index contributed by atoms with van der Waals surface area (Å²) in [5.41, 5.74) is 0.732. The first-order valence-electron chi connectivity index (χ1n) is 10.8. The van der Waals surface area contributed by atoms with Crippen LogP contribution in [0.2, 0.25) is 10.0 Å². The van der Waals surface area contributed by atoms with Crippen LogP contribution in [0.15, 0.2) is 18.2 Å². The molecule has 2 aliphatic rings. The highest BCUT2D eigenvalue weighted by atomic mass is 35.5. The van der Waals surface area contributed by atoms with Crippen LogP contribution >= 0.6 is 23.2 Å². The molecule has 2 amide bonds. The molecule has 0 bridgehead atoms. The van der Waals surface area contributed by atoms with Crippen molar-refractivity contribution in [1.82, 2.24) is 19.4 Å². The molecule has 1 N–H and O–H groups in total. The number of ether oxygens (including phenoxy) is 1. The minimum Gasteiger partial charge on any atom is -0.453 e. The first kappa shape index (κ1) is 26.0. The first-order chi connectivity index (χ1) is 15.6. The lowest BCUT2D eigenvalue weighted by molar-refractivity contribution is -0.137. The van der Waals surface area contributed by atoms with E-state index >= 15 is 0 Å². The van der Waals surface area contributed by atoms with Gasteiger partial charge >= 0.3 is 6.09 Å². The van der Waals surface area contributed by atoms with Crippen LogP contribution in [0.4, 0.5) is 4.79 Å². The predicted molar refractivity (Wildman–Crippen MR) is 127 cm³/mol. The van der Waals surface area contributed by atoms with Crippen molar-refractivity contribution in [3.63, 3.8) is 0 Å². The Balaban J connectivity index is 1.83. The summed E-state index contributed by atoms with van der Waals surface area (Å²) < 4.78 is 30.8. The fraction of sp³-hybridized carbons (Fsp3) is 0.619. The normalized spacial score (nSPS) is 21.9. The summed E-state index contributed by atoms with van der Waals surface area (Å²) in [4.78, 5) is 31.5. The van der Waals surface area contributed by atoms with Crippen LogP contribution in [0.1, 0.15) is 18.4 Å². The van der Waals surface area contributed by atoms with E-state index in [4.69, 9.17) is 27.9 Å². The molecule has 1 aromatic rings. The highest BCUT2D eigenvalue weighted by Gasteiger charge is 2.40. The number of nitrogens with zero attached hydrogens (tertiary/aromatic N) is 3. The van der Waals surface area contributed by atoms with Gasteiger partial charge in [0, 0.05) is 26.2 Å². The largest absolute Gasteiger partial charge is 0.453 e. The number of methoxy groups -OCH3 is 1. The topological polar surface area (TPSA) is 99.3 Å². The molecule has 3 rings (SSSR count). The van der Waals surface area contributed by atoms with E-state index in [1.54, 1.807) is 23.1 Å². The van der Waals surface area contributed by atoms with Crippen LogP contribution < -0.4 is 4.72 Å². The molecule has 2 atom stereocenters. The standard InChI is InChI=1S/C21H30Cl2N4O5S/c1-32-21(29)27-14-17(12-25-7-3-4-8-25)26(13-16(27)11-24-33(2,30)31)20(28)10-15-5-6-18(22)19(23)9-15/h5-6,9,16-17,24H,3-4,7-8,10-14H2,1-2H3/t16-,17+/m0/s1. The van der Waals surface area contributed by atoms with Crippen molar-refractivity contribution in [2.24, 2.45) is 0 Å². The van der Waals surface area contributed by atoms with E-state index in [9.17, 15) is 18.0 Å². The summed E-state index contributed by atoms with van der Waals surface area (Å²) in [6.45, 7) is 2.96. The molecule has 1 aromatic carbocycles. The lowest BCUT2D eigenvalue weighted by Crippen LogP contribution is -2.65. The number of piperazine rings is 1. The van der Waals surface area contributed by atoms with Crippen molar-refractivity contribution in [3.8, 4) is 0 Å². The SMILES string of the molecule is COC(=O)N1C[C@@H](CN2CCCC2)N(C(=O)Cc2ccc(Cl)c(Cl)c2)C[C@@H]1CNS(C)(=O)=O. The van der Waals surface area contributed by atoms with Gasteiger partial charge in [-0.2, -0.15) is 0 Å². The summed E-state index contributed by atoms with van der Waals surface area (Å²) >= 11 is 12.1. The number of amides is 2. The minimum absolute atomic E-state index is 0.0130. The summed E-state index contributed by atoms with van der Waals surface area (Å²) in [5, 5.41) is 0.791. The molecule has 9 nitrogen and oxygen atoms in total. The van der Waals surface area contributed by atoms with Gasteiger partial charge < -0.3 is 19.4 Å². The minimum atomic E-state index is -3.47. The Hall–Kier alpha value is -1.59. The Bertz CT molecular complexity index is 971. The van der Waals surface area contributed by atoms with Crippen molar-refractivity contribution >= 4 is 45.2 Å². The number of nitrogens with one attached hydrogen (secondary N) is 1. The molecular formula is C21H30Cl2N4O5S. The molecule has 184 valence electrons. The van der Waals surface area contributed by atoms with E-state index in [0.717, 1.165) is 37.8 Å². The summed E-state index contributed by atoms with van der Waals surface area (Å²) in [5.74, 6) is -0.119. The quantitative estimate of drug-likeness (QED) is 0.588. The average molecular weight is 521 g/mol. The van der Waals surface area contributed by atoms with Crippen LogP contribution in [0, 0.1) is 0 Å². The van der Waals surface area contributed by atoms with E-state index in [-0.39, 0.29) is 38.0 Å². The highest BCUT2D eigenvalue weighted by molar-refractivity contribution is 7.88. The number of hydrogen-bond acceptors (Lipinski definition) is 6. The number of carbonyl (C=O) groups is 2. The average Bonchev–Trinajstić information content (AvgIpc) is 3.27. The zero-order valence-corrected chi connectivity index (χ0v) is 21.1. The molecule has 0 saturated carbocycles. The maximum Gasteiger partial charge on any atom is 0.409 e. The maximum atomic E-state index is 13.4.